The smallest absolute Gasteiger partial charge is 0.146 e. The van der Waals surface area contributed by atoms with Crippen LogP contribution >= 0.6 is 0 Å². The van der Waals surface area contributed by atoms with Crippen molar-refractivity contribution in [2.45, 2.75) is 45.9 Å². The second-order valence-corrected chi connectivity index (χ2v) is 5.42. The monoisotopic (exact) mass is 280 g/mol. The van der Waals surface area contributed by atoms with Crippen molar-refractivity contribution in [3.63, 3.8) is 0 Å². The third kappa shape index (κ3) is 3.49. The van der Waals surface area contributed by atoms with Gasteiger partial charge in [-0.15, -0.1) is 0 Å². The van der Waals surface area contributed by atoms with Gasteiger partial charge in [-0.25, -0.2) is 4.39 Å². The summed E-state index contributed by atoms with van der Waals surface area (Å²) in [6.07, 6.45) is 1.12. The molecule has 3 nitrogen and oxygen atoms in total. The number of hydrogen-bond donors (Lipinski definition) is 1. The van der Waals surface area contributed by atoms with E-state index in [-0.39, 0.29) is 18.0 Å². The highest BCUT2D eigenvalue weighted by molar-refractivity contribution is 5.50. The largest absolute Gasteiger partial charge is 0.375 e. The first-order valence-corrected chi connectivity index (χ1v) is 7.53. The molecule has 2 rings (SSSR count). The summed E-state index contributed by atoms with van der Waals surface area (Å²) in [6, 6.07) is 5.82. The number of hydrogen-bond acceptors (Lipinski definition) is 3. The third-order valence-corrected chi connectivity index (χ3v) is 3.84. The molecular weight excluding hydrogens is 255 g/mol. The number of nitrogens with one attached hydrogen (secondary N) is 1. The Hall–Kier alpha value is -1.13. The molecule has 0 radical (unpaired) electrons. The number of rotatable bonds is 5. The molecule has 2 unspecified atom stereocenters. The van der Waals surface area contributed by atoms with Crippen molar-refractivity contribution in [1.29, 1.82) is 0 Å². The maximum atomic E-state index is 14.4. The minimum Gasteiger partial charge on any atom is -0.375 e. The summed E-state index contributed by atoms with van der Waals surface area (Å²) in [4.78, 5) is 2.15. The molecule has 0 amide bonds. The van der Waals surface area contributed by atoms with Gasteiger partial charge >= 0.3 is 0 Å². The van der Waals surface area contributed by atoms with Gasteiger partial charge in [-0.3, -0.25) is 0 Å². The topological polar surface area (TPSA) is 24.5 Å². The van der Waals surface area contributed by atoms with Gasteiger partial charge < -0.3 is 15.0 Å². The van der Waals surface area contributed by atoms with Gasteiger partial charge in [-0.05, 0) is 37.6 Å². The number of halogens is 1. The van der Waals surface area contributed by atoms with Crippen LogP contribution in [-0.2, 0) is 11.3 Å². The van der Waals surface area contributed by atoms with Crippen LogP contribution in [0, 0.1) is 5.82 Å². The van der Waals surface area contributed by atoms with E-state index in [1.165, 1.54) is 0 Å². The zero-order valence-corrected chi connectivity index (χ0v) is 12.7. The first kappa shape index (κ1) is 15.3. The average molecular weight is 280 g/mol. The summed E-state index contributed by atoms with van der Waals surface area (Å²) in [7, 11) is 0. The van der Waals surface area contributed by atoms with Crippen LogP contribution in [0.3, 0.4) is 0 Å². The van der Waals surface area contributed by atoms with Gasteiger partial charge in [-0.2, -0.15) is 0 Å². The number of ether oxygens (including phenoxy) is 1. The van der Waals surface area contributed by atoms with Crippen LogP contribution in [0.1, 0.15) is 32.8 Å². The molecule has 1 fully saturated rings. The third-order valence-electron chi connectivity index (χ3n) is 3.84. The van der Waals surface area contributed by atoms with E-state index in [0.29, 0.717) is 18.8 Å². The highest BCUT2D eigenvalue weighted by Crippen LogP contribution is 2.27. The molecule has 1 N–H and O–H groups in total. The number of nitrogens with zero attached hydrogens (tertiary/aromatic N) is 1. The van der Waals surface area contributed by atoms with Gasteiger partial charge in [0.25, 0.3) is 0 Å². The zero-order valence-electron chi connectivity index (χ0n) is 12.7. The lowest BCUT2D eigenvalue weighted by Gasteiger charge is -2.40. The molecule has 1 saturated heterocycles. The number of anilines is 1. The Morgan fingerprint density at radius 3 is 2.85 bits per heavy atom. The molecule has 0 aromatic heterocycles. The van der Waals surface area contributed by atoms with Crippen LogP contribution in [0.2, 0.25) is 0 Å². The van der Waals surface area contributed by atoms with Crippen molar-refractivity contribution >= 4 is 5.69 Å². The van der Waals surface area contributed by atoms with Gasteiger partial charge in [0.15, 0.2) is 0 Å². The summed E-state index contributed by atoms with van der Waals surface area (Å²) in [5, 5.41) is 3.22. The molecule has 0 aliphatic carbocycles. The molecule has 4 heteroatoms. The van der Waals surface area contributed by atoms with Gasteiger partial charge in [0.05, 0.1) is 24.4 Å². The predicted molar refractivity (Wildman–Crippen MR) is 80.6 cm³/mol. The summed E-state index contributed by atoms with van der Waals surface area (Å²) >= 11 is 0. The quantitative estimate of drug-likeness (QED) is 0.897. The Bertz CT molecular complexity index is 438. The van der Waals surface area contributed by atoms with E-state index in [9.17, 15) is 4.39 Å². The normalized spacial score (nSPS) is 23.1. The average Bonchev–Trinajstić information content (AvgIpc) is 2.45. The first-order chi connectivity index (χ1) is 9.65. The molecular formula is C16H25FN2O. The summed E-state index contributed by atoms with van der Waals surface area (Å²) < 4.78 is 20.1. The van der Waals surface area contributed by atoms with E-state index in [1.807, 2.05) is 26.0 Å². The molecule has 0 bridgehead atoms. The second-order valence-electron chi connectivity index (χ2n) is 5.42. The van der Waals surface area contributed by atoms with Crippen LogP contribution in [0.5, 0.6) is 0 Å². The molecule has 112 valence electrons. The van der Waals surface area contributed by atoms with Crippen LogP contribution < -0.4 is 10.2 Å². The molecule has 1 heterocycles. The van der Waals surface area contributed by atoms with E-state index >= 15 is 0 Å². The van der Waals surface area contributed by atoms with Crippen molar-refractivity contribution in [3.05, 3.63) is 29.6 Å². The number of morpholine rings is 1. The van der Waals surface area contributed by atoms with Crippen molar-refractivity contribution in [2.75, 3.05) is 24.6 Å². The molecule has 1 aromatic carbocycles. The lowest BCUT2D eigenvalue weighted by Crippen LogP contribution is -2.49. The van der Waals surface area contributed by atoms with Crippen LogP contribution in [0.4, 0.5) is 10.1 Å². The minimum atomic E-state index is -0.132. The lowest BCUT2D eigenvalue weighted by atomic mass is 10.1. The molecule has 20 heavy (non-hydrogen) atoms. The molecule has 1 aliphatic rings. The van der Waals surface area contributed by atoms with Gasteiger partial charge in [0.1, 0.15) is 5.82 Å². The van der Waals surface area contributed by atoms with Crippen LogP contribution in [0.15, 0.2) is 18.2 Å². The second kappa shape index (κ2) is 7.04. The van der Waals surface area contributed by atoms with E-state index in [4.69, 9.17) is 4.74 Å². The number of benzene rings is 1. The SMILES string of the molecule is CCNCc1ccc(N2CC(C)OCC2CC)c(F)c1. The standard InChI is InChI=1S/C16H25FN2O/c1-4-14-11-20-12(3)10-19(14)16-7-6-13(8-15(16)17)9-18-5-2/h6-8,12,14,18H,4-5,9-11H2,1-3H3. The summed E-state index contributed by atoms with van der Waals surface area (Å²) in [5.74, 6) is -0.132. The van der Waals surface area contributed by atoms with Crippen molar-refractivity contribution < 1.29 is 9.13 Å². The van der Waals surface area contributed by atoms with E-state index in [1.54, 1.807) is 6.07 Å². The maximum absolute atomic E-state index is 14.4. The van der Waals surface area contributed by atoms with E-state index in [0.717, 1.165) is 25.1 Å². The van der Waals surface area contributed by atoms with Gasteiger partial charge in [0, 0.05) is 13.1 Å². The van der Waals surface area contributed by atoms with Crippen LogP contribution in [0.25, 0.3) is 0 Å². The Morgan fingerprint density at radius 1 is 1.40 bits per heavy atom. The molecule has 0 spiro atoms. The van der Waals surface area contributed by atoms with Crippen molar-refractivity contribution in [1.82, 2.24) is 5.32 Å². The molecule has 0 saturated carbocycles. The Labute approximate surface area is 121 Å². The van der Waals surface area contributed by atoms with E-state index < -0.39 is 0 Å². The fraction of sp³-hybridized carbons (Fsp3) is 0.625. The van der Waals surface area contributed by atoms with E-state index in [2.05, 4.69) is 17.1 Å². The van der Waals surface area contributed by atoms with Crippen LogP contribution in [-0.4, -0.2) is 31.8 Å². The Balaban J connectivity index is 2.17. The maximum Gasteiger partial charge on any atom is 0.146 e. The highest BCUT2D eigenvalue weighted by Gasteiger charge is 2.27. The zero-order chi connectivity index (χ0) is 14.5. The summed E-state index contributed by atoms with van der Waals surface area (Å²) in [5.41, 5.74) is 1.69. The van der Waals surface area contributed by atoms with Crippen molar-refractivity contribution in [2.24, 2.45) is 0 Å². The fourth-order valence-electron chi connectivity index (χ4n) is 2.64. The molecule has 1 aliphatic heterocycles. The Kier molecular flexibility index (Phi) is 5.38. The molecule has 1 aromatic rings. The van der Waals surface area contributed by atoms with Gasteiger partial charge in [0.2, 0.25) is 0 Å². The highest BCUT2D eigenvalue weighted by atomic mass is 19.1. The molecule has 2 atom stereocenters. The Morgan fingerprint density at radius 2 is 2.20 bits per heavy atom. The summed E-state index contributed by atoms with van der Waals surface area (Å²) in [6.45, 7) is 9.24. The van der Waals surface area contributed by atoms with Gasteiger partial charge in [-0.1, -0.05) is 19.9 Å². The fourth-order valence-corrected chi connectivity index (χ4v) is 2.64. The first-order valence-electron chi connectivity index (χ1n) is 7.53. The predicted octanol–water partition coefficient (Wildman–Crippen LogP) is 2.94. The lowest BCUT2D eigenvalue weighted by molar-refractivity contribution is 0.0297. The van der Waals surface area contributed by atoms with Crippen molar-refractivity contribution in [3.8, 4) is 0 Å². The minimum absolute atomic E-state index is 0.132.